The first-order valence-corrected chi connectivity index (χ1v) is 7.40. The average molecular weight is 342 g/mol. The van der Waals surface area contributed by atoms with E-state index in [0.717, 1.165) is 0 Å². The highest BCUT2D eigenvalue weighted by molar-refractivity contribution is 5.96. The molecular formula is C17H18N4O4. The van der Waals surface area contributed by atoms with Crippen molar-refractivity contribution in [3.05, 3.63) is 47.3 Å². The van der Waals surface area contributed by atoms with Gasteiger partial charge >= 0.3 is 5.97 Å². The van der Waals surface area contributed by atoms with E-state index in [0.29, 0.717) is 24.4 Å². The average Bonchev–Trinajstić information content (AvgIpc) is 2.97. The second kappa shape index (κ2) is 7.99. The molecule has 0 unspecified atom stereocenters. The quantitative estimate of drug-likeness (QED) is 0.599. The van der Waals surface area contributed by atoms with Gasteiger partial charge in [0.15, 0.2) is 5.69 Å². The summed E-state index contributed by atoms with van der Waals surface area (Å²) < 4.78 is 11.1. The van der Waals surface area contributed by atoms with Gasteiger partial charge in [0.05, 0.1) is 25.0 Å². The second-order valence-electron chi connectivity index (χ2n) is 5.07. The fourth-order valence-electron chi connectivity index (χ4n) is 2.26. The standard InChI is InChI=1S/C17H18N4O4/c1-24-8-7-20-16(22)11-3-5-13(6-4-11)21-10-12(9-18)14(19)15(21)17(23)25-2/h3-6,10H,7-8,19H2,1-2H3,(H,20,22). The Kier molecular flexibility index (Phi) is 5.76. The Bertz CT molecular complexity index is 818. The van der Waals surface area contributed by atoms with Crippen LogP contribution in [0.1, 0.15) is 26.4 Å². The van der Waals surface area contributed by atoms with Crippen LogP contribution in [-0.4, -0.2) is 43.8 Å². The number of nitriles is 1. The second-order valence-corrected chi connectivity index (χ2v) is 5.07. The lowest BCUT2D eigenvalue weighted by molar-refractivity contribution is 0.0592. The summed E-state index contributed by atoms with van der Waals surface area (Å²) in [7, 11) is 2.79. The van der Waals surface area contributed by atoms with Crippen LogP contribution < -0.4 is 11.1 Å². The van der Waals surface area contributed by atoms with E-state index in [9.17, 15) is 9.59 Å². The number of esters is 1. The minimum absolute atomic E-state index is 0.0516. The van der Waals surface area contributed by atoms with Crippen LogP contribution in [0.4, 0.5) is 5.69 Å². The van der Waals surface area contributed by atoms with Gasteiger partial charge in [0, 0.05) is 31.1 Å². The van der Waals surface area contributed by atoms with Gasteiger partial charge in [-0.1, -0.05) is 0 Å². The van der Waals surface area contributed by atoms with Crippen molar-refractivity contribution < 1.29 is 19.1 Å². The van der Waals surface area contributed by atoms with Gasteiger partial charge in [-0.2, -0.15) is 5.26 Å². The van der Waals surface area contributed by atoms with Gasteiger partial charge in [0.2, 0.25) is 0 Å². The maximum Gasteiger partial charge on any atom is 0.357 e. The number of ether oxygens (including phenoxy) is 2. The number of hydrogen-bond acceptors (Lipinski definition) is 6. The van der Waals surface area contributed by atoms with E-state index in [2.05, 4.69) is 5.32 Å². The number of nitrogens with one attached hydrogen (secondary N) is 1. The summed E-state index contributed by atoms with van der Waals surface area (Å²) in [6.45, 7) is 0.829. The Morgan fingerprint density at radius 3 is 2.52 bits per heavy atom. The van der Waals surface area contributed by atoms with E-state index in [4.69, 9.17) is 20.5 Å². The topological polar surface area (TPSA) is 119 Å². The van der Waals surface area contributed by atoms with Crippen LogP contribution in [-0.2, 0) is 9.47 Å². The van der Waals surface area contributed by atoms with Crippen molar-refractivity contribution in [2.24, 2.45) is 0 Å². The maximum atomic E-state index is 12.0. The van der Waals surface area contributed by atoms with Crippen molar-refractivity contribution in [2.75, 3.05) is 33.1 Å². The Labute approximate surface area is 144 Å². The summed E-state index contributed by atoms with van der Waals surface area (Å²) in [5.74, 6) is -0.887. The van der Waals surface area contributed by atoms with Gasteiger partial charge in [0.25, 0.3) is 5.91 Å². The minimum Gasteiger partial charge on any atom is -0.464 e. The van der Waals surface area contributed by atoms with Crippen LogP contribution in [0.3, 0.4) is 0 Å². The molecule has 0 atom stereocenters. The Hall–Kier alpha value is -3.31. The predicted molar refractivity (Wildman–Crippen MR) is 90.4 cm³/mol. The molecule has 1 amide bonds. The van der Waals surface area contributed by atoms with Crippen molar-refractivity contribution in [2.45, 2.75) is 0 Å². The molecule has 0 fully saturated rings. The van der Waals surface area contributed by atoms with Crippen LogP contribution in [0, 0.1) is 11.3 Å². The molecule has 0 saturated carbocycles. The number of methoxy groups -OCH3 is 2. The van der Waals surface area contributed by atoms with Gasteiger partial charge in [-0.25, -0.2) is 4.79 Å². The largest absolute Gasteiger partial charge is 0.464 e. The molecule has 0 aliphatic heterocycles. The number of benzene rings is 1. The van der Waals surface area contributed by atoms with Crippen LogP contribution in [0.15, 0.2) is 30.5 Å². The van der Waals surface area contributed by atoms with Crippen molar-refractivity contribution in [1.29, 1.82) is 5.26 Å². The van der Waals surface area contributed by atoms with Crippen LogP contribution in [0.2, 0.25) is 0 Å². The minimum atomic E-state index is -0.652. The fraction of sp³-hybridized carbons (Fsp3) is 0.235. The molecule has 1 aromatic heterocycles. The fourth-order valence-corrected chi connectivity index (χ4v) is 2.26. The summed E-state index contributed by atoms with van der Waals surface area (Å²) in [6, 6.07) is 8.46. The first-order valence-electron chi connectivity index (χ1n) is 7.40. The Morgan fingerprint density at radius 2 is 1.96 bits per heavy atom. The molecule has 130 valence electrons. The Balaban J connectivity index is 2.33. The lowest BCUT2D eigenvalue weighted by atomic mass is 10.2. The normalized spacial score (nSPS) is 10.1. The zero-order valence-corrected chi connectivity index (χ0v) is 13.9. The molecule has 25 heavy (non-hydrogen) atoms. The summed E-state index contributed by atoms with van der Waals surface area (Å²) >= 11 is 0. The predicted octanol–water partition coefficient (Wildman–Crippen LogP) is 1.09. The summed E-state index contributed by atoms with van der Waals surface area (Å²) in [6.07, 6.45) is 1.45. The number of hydrogen-bond donors (Lipinski definition) is 2. The summed E-state index contributed by atoms with van der Waals surface area (Å²) in [5.41, 5.74) is 7.17. The first kappa shape index (κ1) is 18.0. The highest BCUT2D eigenvalue weighted by atomic mass is 16.5. The number of rotatable bonds is 6. The number of nitrogens with two attached hydrogens (primary N) is 1. The van der Waals surface area contributed by atoms with Crippen molar-refractivity contribution in [3.63, 3.8) is 0 Å². The monoisotopic (exact) mass is 342 g/mol. The number of nitrogens with zero attached hydrogens (tertiary/aromatic N) is 2. The molecule has 1 heterocycles. The zero-order chi connectivity index (χ0) is 18.4. The number of amides is 1. The van der Waals surface area contributed by atoms with Gasteiger partial charge < -0.3 is 25.1 Å². The first-order chi connectivity index (χ1) is 12.0. The molecule has 0 aliphatic rings. The van der Waals surface area contributed by atoms with Gasteiger partial charge in [0.1, 0.15) is 6.07 Å². The molecule has 0 aliphatic carbocycles. The zero-order valence-electron chi connectivity index (χ0n) is 13.9. The van der Waals surface area contributed by atoms with E-state index >= 15 is 0 Å². The lowest BCUT2D eigenvalue weighted by Gasteiger charge is -2.09. The lowest BCUT2D eigenvalue weighted by Crippen LogP contribution is -2.26. The van der Waals surface area contributed by atoms with E-state index < -0.39 is 5.97 Å². The highest BCUT2D eigenvalue weighted by Gasteiger charge is 2.21. The molecule has 0 spiro atoms. The number of aromatic nitrogens is 1. The van der Waals surface area contributed by atoms with Crippen molar-refractivity contribution in [3.8, 4) is 11.8 Å². The van der Waals surface area contributed by atoms with E-state index in [1.54, 1.807) is 31.4 Å². The third-order valence-electron chi connectivity index (χ3n) is 3.54. The number of anilines is 1. The molecule has 2 aromatic rings. The molecule has 2 rings (SSSR count). The SMILES string of the molecule is COCCNC(=O)c1ccc(-n2cc(C#N)c(N)c2C(=O)OC)cc1. The molecular weight excluding hydrogens is 324 g/mol. The van der Waals surface area contributed by atoms with Crippen molar-refractivity contribution in [1.82, 2.24) is 9.88 Å². The summed E-state index contributed by atoms with van der Waals surface area (Å²) in [5, 5.41) is 11.8. The molecule has 1 aromatic carbocycles. The molecule has 3 N–H and O–H groups in total. The van der Waals surface area contributed by atoms with E-state index in [1.165, 1.54) is 17.9 Å². The van der Waals surface area contributed by atoms with Gasteiger partial charge in [-0.05, 0) is 24.3 Å². The molecule has 8 heteroatoms. The third-order valence-corrected chi connectivity index (χ3v) is 3.54. The molecule has 0 saturated heterocycles. The molecule has 0 radical (unpaired) electrons. The van der Waals surface area contributed by atoms with Crippen molar-refractivity contribution >= 4 is 17.6 Å². The van der Waals surface area contributed by atoms with Crippen LogP contribution >= 0.6 is 0 Å². The maximum absolute atomic E-state index is 12.0. The van der Waals surface area contributed by atoms with Crippen LogP contribution in [0.25, 0.3) is 5.69 Å². The third kappa shape index (κ3) is 3.79. The van der Waals surface area contributed by atoms with Gasteiger partial charge in [-0.15, -0.1) is 0 Å². The van der Waals surface area contributed by atoms with Gasteiger partial charge in [-0.3, -0.25) is 4.79 Å². The Morgan fingerprint density at radius 1 is 1.28 bits per heavy atom. The molecule has 8 nitrogen and oxygen atoms in total. The van der Waals surface area contributed by atoms with E-state index in [-0.39, 0.29) is 22.9 Å². The molecule has 0 bridgehead atoms. The number of carbonyl (C=O) groups excluding carboxylic acids is 2. The van der Waals surface area contributed by atoms with E-state index in [1.807, 2.05) is 6.07 Å². The number of nitrogen functional groups attached to an aromatic ring is 1. The smallest absolute Gasteiger partial charge is 0.357 e. The van der Waals surface area contributed by atoms with Crippen LogP contribution in [0.5, 0.6) is 0 Å². The summed E-state index contributed by atoms with van der Waals surface area (Å²) in [4.78, 5) is 24.0. The number of carbonyl (C=O) groups is 2. The highest BCUT2D eigenvalue weighted by Crippen LogP contribution is 2.24.